The quantitative estimate of drug-likeness (QED) is 0.695. The van der Waals surface area contributed by atoms with Gasteiger partial charge in [-0.05, 0) is 58.6 Å². The van der Waals surface area contributed by atoms with Gasteiger partial charge >= 0.3 is 13.3 Å². The first kappa shape index (κ1) is 18.8. The Labute approximate surface area is 157 Å². The standard InChI is InChI=1S/C19H24BF3N2O2/c1-11(19(21,22)23)25-16-8-12(6-7-13(16)10-24-25)14-9-15(14)20-26-17(2,3)18(4,5)27-20/h6-8,10-11,14-15H,9H2,1-5H3/t11?,14-,15+/m1/s1. The van der Waals surface area contributed by atoms with E-state index in [9.17, 15) is 13.2 Å². The number of hydrogen-bond donors (Lipinski definition) is 0. The fourth-order valence-corrected chi connectivity index (χ4v) is 3.69. The molecule has 1 unspecified atom stereocenters. The van der Waals surface area contributed by atoms with Crippen molar-refractivity contribution in [1.29, 1.82) is 0 Å². The van der Waals surface area contributed by atoms with Crippen molar-refractivity contribution < 1.29 is 22.5 Å². The zero-order valence-electron chi connectivity index (χ0n) is 16.2. The molecular weight excluding hydrogens is 356 g/mol. The van der Waals surface area contributed by atoms with E-state index < -0.39 is 12.2 Å². The van der Waals surface area contributed by atoms with Crippen LogP contribution in [0.15, 0.2) is 24.4 Å². The summed E-state index contributed by atoms with van der Waals surface area (Å²) in [6.45, 7) is 9.21. The zero-order valence-corrected chi connectivity index (χ0v) is 16.2. The van der Waals surface area contributed by atoms with Gasteiger partial charge in [-0.3, -0.25) is 4.68 Å². The van der Waals surface area contributed by atoms with Crippen LogP contribution in [0.2, 0.25) is 5.82 Å². The molecule has 0 N–H and O–H groups in total. The third-order valence-corrected chi connectivity index (χ3v) is 6.35. The summed E-state index contributed by atoms with van der Waals surface area (Å²) in [7, 11) is -0.283. The van der Waals surface area contributed by atoms with E-state index in [1.54, 1.807) is 0 Å². The SMILES string of the molecule is CC(n1ncc2ccc([C@H]3C[C@@H]3B3OC(C)(C)C(C)(C)O3)cc21)C(F)(F)F. The molecule has 2 aromatic rings. The molecule has 27 heavy (non-hydrogen) atoms. The Kier molecular flexibility index (Phi) is 4.00. The van der Waals surface area contributed by atoms with Crippen LogP contribution in [0.4, 0.5) is 13.2 Å². The molecule has 8 heteroatoms. The minimum Gasteiger partial charge on any atom is -0.403 e. The summed E-state index contributed by atoms with van der Waals surface area (Å²) in [4.78, 5) is 0. The largest absolute Gasteiger partial charge is 0.461 e. The second-order valence-corrected chi connectivity index (χ2v) is 8.76. The minimum atomic E-state index is -4.33. The minimum absolute atomic E-state index is 0.222. The van der Waals surface area contributed by atoms with Gasteiger partial charge in [0, 0.05) is 11.2 Å². The molecule has 0 radical (unpaired) electrons. The third kappa shape index (κ3) is 3.07. The molecule has 4 nitrogen and oxygen atoms in total. The van der Waals surface area contributed by atoms with E-state index in [1.165, 1.54) is 6.20 Å². The molecule has 1 aromatic carbocycles. The van der Waals surface area contributed by atoms with Crippen molar-refractivity contribution in [3.05, 3.63) is 30.0 Å². The Morgan fingerprint density at radius 2 is 1.81 bits per heavy atom. The normalized spacial score (nSPS) is 27.9. The molecule has 1 aliphatic carbocycles. The number of halogens is 3. The van der Waals surface area contributed by atoms with Gasteiger partial charge in [-0.2, -0.15) is 18.3 Å². The highest BCUT2D eigenvalue weighted by Crippen LogP contribution is 2.58. The molecule has 1 aromatic heterocycles. The summed E-state index contributed by atoms with van der Waals surface area (Å²) in [6.07, 6.45) is -1.94. The summed E-state index contributed by atoms with van der Waals surface area (Å²) in [5.41, 5.74) is 0.764. The highest BCUT2D eigenvalue weighted by atomic mass is 19.4. The molecule has 2 aliphatic rings. The smallest absolute Gasteiger partial charge is 0.403 e. The molecule has 0 spiro atoms. The van der Waals surface area contributed by atoms with Gasteiger partial charge in [0.1, 0.15) is 6.04 Å². The molecule has 0 bridgehead atoms. The van der Waals surface area contributed by atoms with Crippen LogP contribution in [0.1, 0.15) is 58.6 Å². The third-order valence-electron chi connectivity index (χ3n) is 6.35. The van der Waals surface area contributed by atoms with Crippen molar-refractivity contribution in [2.75, 3.05) is 0 Å². The van der Waals surface area contributed by atoms with E-state index in [1.807, 2.05) is 45.9 Å². The predicted octanol–water partition coefficient (Wildman–Crippen LogP) is 5.11. The molecule has 1 saturated heterocycles. The highest BCUT2D eigenvalue weighted by molar-refractivity contribution is 6.49. The molecule has 4 rings (SSSR count). The summed E-state index contributed by atoms with van der Waals surface area (Å²) < 4.78 is 52.7. The molecule has 1 aliphatic heterocycles. The van der Waals surface area contributed by atoms with Crippen LogP contribution in [-0.2, 0) is 9.31 Å². The van der Waals surface area contributed by atoms with Gasteiger partial charge in [0.05, 0.1) is 22.9 Å². The number of alkyl halides is 3. The Balaban J connectivity index is 1.58. The molecule has 2 fully saturated rings. The molecule has 2 heterocycles. The fourth-order valence-electron chi connectivity index (χ4n) is 3.69. The summed E-state index contributed by atoms with van der Waals surface area (Å²) in [6, 6.07) is 3.99. The van der Waals surface area contributed by atoms with Crippen molar-refractivity contribution in [3.8, 4) is 0 Å². The molecular formula is C19H24BF3N2O2. The Bertz CT molecular complexity index is 861. The van der Waals surface area contributed by atoms with E-state index in [-0.39, 0.29) is 30.1 Å². The van der Waals surface area contributed by atoms with Crippen LogP contribution in [-0.4, -0.2) is 34.3 Å². The molecule has 3 atom stereocenters. The average molecular weight is 380 g/mol. The first-order valence-electron chi connectivity index (χ1n) is 9.30. The average Bonchev–Trinajstić information content (AvgIpc) is 3.18. The van der Waals surface area contributed by atoms with E-state index in [0.29, 0.717) is 10.9 Å². The molecule has 1 saturated carbocycles. The second-order valence-electron chi connectivity index (χ2n) is 8.76. The summed E-state index contributed by atoms with van der Waals surface area (Å²) in [5, 5.41) is 4.68. The Morgan fingerprint density at radius 1 is 1.19 bits per heavy atom. The maximum absolute atomic E-state index is 13.1. The van der Waals surface area contributed by atoms with Crippen LogP contribution >= 0.6 is 0 Å². The fraction of sp³-hybridized carbons (Fsp3) is 0.632. The zero-order chi connectivity index (χ0) is 19.8. The van der Waals surface area contributed by atoms with Gasteiger partial charge < -0.3 is 9.31 Å². The van der Waals surface area contributed by atoms with Crippen molar-refractivity contribution in [2.45, 2.75) is 76.2 Å². The number of nitrogens with zero attached hydrogens (tertiary/aromatic N) is 2. The predicted molar refractivity (Wildman–Crippen MR) is 97.7 cm³/mol. The number of benzene rings is 1. The van der Waals surface area contributed by atoms with Crippen molar-refractivity contribution in [1.82, 2.24) is 9.78 Å². The summed E-state index contributed by atoms with van der Waals surface area (Å²) >= 11 is 0. The van der Waals surface area contributed by atoms with E-state index in [0.717, 1.165) is 23.6 Å². The lowest BCUT2D eigenvalue weighted by Crippen LogP contribution is -2.41. The monoisotopic (exact) mass is 380 g/mol. The van der Waals surface area contributed by atoms with Gasteiger partial charge in [0.2, 0.25) is 0 Å². The van der Waals surface area contributed by atoms with E-state index in [2.05, 4.69) is 5.10 Å². The lowest BCUT2D eigenvalue weighted by molar-refractivity contribution is -0.164. The summed E-state index contributed by atoms with van der Waals surface area (Å²) in [5.74, 6) is 0.452. The van der Waals surface area contributed by atoms with Crippen LogP contribution in [0.5, 0.6) is 0 Å². The Hall–Kier alpha value is -1.54. The maximum Gasteiger partial charge on any atom is 0.461 e. The topological polar surface area (TPSA) is 36.3 Å². The van der Waals surface area contributed by atoms with E-state index in [4.69, 9.17) is 9.31 Å². The van der Waals surface area contributed by atoms with Gasteiger partial charge in [0.25, 0.3) is 0 Å². The maximum atomic E-state index is 13.1. The van der Waals surface area contributed by atoms with Crippen LogP contribution < -0.4 is 0 Å². The number of fused-ring (bicyclic) bond motifs is 1. The Morgan fingerprint density at radius 3 is 2.41 bits per heavy atom. The lowest BCUT2D eigenvalue weighted by Gasteiger charge is -2.32. The van der Waals surface area contributed by atoms with Crippen molar-refractivity contribution in [3.63, 3.8) is 0 Å². The van der Waals surface area contributed by atoms with E-state index >= 15 is 0 Å². The van der Waals surface area contributed by atoms with Gasteiger partial charge in [0.15, 0.2) is 0 Å². The highest BCUT2D eigenvalue weighted by Gasteiger charge is 2.59. The van der Waals surface area contributed by atoms with Gasteiger partial charge in [-0.1, -0.05) is 12.1 Å². The second kappa shape index (κ2) is 5.73. The van der Waals surface area contributed by atoms with Crippen LogP contribution in [0.25, 0.3) is 10.9 Å². The molecule has 0 amide bonds. The first-order chi connectivity index (χ1) is 12.4. The first-order valence-corrected chi connectivity index (χ1v) is 9.30. The van der Waals surface area contributed by atoms with Crippen molar-refractivity contribution in [2.24, 2.45) is 0 Å². The molecule has 146 valence electrons. The lowest BCUT2D eigenvalue weighted by atomic mass is 9.79. The van der Waals surface area contributed by atoms with Gasteiger partial charge in [-0.25, -0.2) is 0 Å². The van der Waals surface area contributed by atoms with Crippen molar-refractivity contribution >= 4 is 18.0 Å². The van der Waals surface area contributed by atoms with Crippen LogP contribution in [0, 0.1) is 0 Å². The number of aromatic nitrogens is 2. The number of hydrogen-bond acceptors (Lipinski definition) is 3. The van der Waals surface area contributed by atoms with Crippen LogP contribution in [0.3, 0.4) is 0 Å². The van der Waals surface area contributed by atoms with Gasteiger partial charge in [-0.15, -0.1) is 0 Å². The number of rotatable bonds is 3.